The minimum absolute atomic E-state index is 0.0506. The Hall–Kier alpha value is -2.84. The molecule has 0 saturated carbocycles. The molecule has 1 N–H and O–H groups in total. The Morgan fingerprint density at radius 1 is 1.12 bits per heavy atom. The number of halogens is 1. The standard InChI is InChI=1S/C25H34FN3O4/c1-5-32-23-16-22(29-11-13-31-14-12-29)24(33-6-2)15-21(23)27-25(30)17-28(4)18(3)19-7-9-20(26)10-8-19/h7-10,15-16,18H,5-6,11-14,17H2,1-4H3,(H,27,30). The van der Waals surface area contributed by atoms with Crippen molar-refractivity contribution in [1.29, 1.82) is 0 Å². The van der Waals surface area contributed by atoms with Crippen LogP contribution in [0.1, 0.15) is 32.4 Å². The fraction of sp³-hybridized carbons (Fsp3) is 0.480. The number of ether oxygens (including phenoxy) is 3. The van der Waals surface area contributed by atoms with E-state index in [0.717, 1.165) is 24.3 Å². The molecule has 1 heterocycles. The summed E-state index contributed by atoms with van der Waals surface area (Å²) in [5, 5.41) is 2.98. The molecular weight excluding hydrogens is 425 g/mol. The zero-order valence-corrected chi connectivity index (χ0v) is 19.9. The van der Waals surface area contributed by atoms with Gasteiger partial charge >= 0.3 is 0 Å². The second-order valence-electron chi connectivity index (χ2n) is 7.97. The number of morpholine rings is 1. The number of likely N-dealkylation sites (N-methyl/N-ethyl adjacent to an activating group) is 1. The third-order valence-corrected chi connectivity index (χ3v) is 5.69. The molecule has 33 heavy (non-hydrogen) atoms. The first-order valence-electron chi connectivity index (χ1n) is 11.4. The zero-order valence-electron chi connectivity index (χ0n) is 19.9. The molecule has 2 aromatic rings. The van der Waals surface area contributed by atoms with Gasteiger partial charge in [0.2, 0.25) is 5.91 Å². The Balaban J connectivity index is 1.76. The number of hydrogen-bond donors (Lipinski definition) is 1. The third kappa shape index (κ3) is 6.58. The van der Waals surface area contributed by atoms with E-state index in [4.69, 9.17) is 14.2 Å². The van der Waals surface area contributed by atoms with Gasteiger partial charge in [-0.1, -0.05) is 12.1 Å². The summed E-state index contributed by atoms with van der Waals surface area (Å²) < 4.78 is 30.5. The van der Waals surface area contributed by atoms with Gasteiger partial charge in [-0.3, -0.25) is 9.69 Å². The van der Waals surface area contributed by atoms with Gasteiger partial charge in [-0.05, 0) is 45.5 Å². The summed E-state index contributed by atoms with van der Waals surface area (Å²) in [6.45, 7) is 9.83. The SMILES string of the molecule is CCOc1cc(N2CCOCC2)c(OCC)cc1NC(=O)CN(C)C(C)c1ccc(F)cc1. The van der Waals surface area contributed by atoms with E-state index in [1.807, 2.05) is 44.9 Å². The van der Waals surface area contributed by atoms with Gasteiger partial charge in [0, 0.05) is 31.3 Å². The maximum atomic E-state index is 13.2. The van der Waals surface area contributed by atoms with Crippen molar-refractivity contribution < 1.29 is 23.4 Å². The molecule has 3 rings (SSSR count). The molecule has 0 radical (unpaired) electrons. The maximum Gasteiger partial charge on any atom is 0.238 e. The molecule has 0 aliphatic carbocycles. The highest BCUT2D eigenvalue weighted by atomic mass is 19.1. The van der Waals surface area contributed by atoms with Gasteiger partial charge < -0.3 is 24.4 Å². The lowest BCUT2D eigenvalue weighted by molar-refractivity contribution is -0.117. The second kappa shape index (κ2) is 11.9. The van der Waals surface area contributed by atoms with Crippen LogP contribution in [0, 0.1) is 5.82 Å². The van der Waals surface area contributed by atoms with Crippen molar-refractivity contribution in [1.82, 2.24) is 4.90 Å². The Morgan fingerprint density at radius 3 is 2.39 bits per heavy atom. The monoisotopic (exact) mass is 459 g/mol. The van der Waals surface area contributed by atoms with Crippen LogP contribution in [0.4, 0.5) is 15.8 Å². The lowest BCUT2D eigenvalue weighted by atomic mass is 10.1. The number of nitrogens with zero attached hydrogens (tertiary/aromatic N) is 2. The van der Waals surface area contributed by atoms with E-state index >= 15 is 0 Å². The summed E-state index contributed by atoms with van der Waals surface area (Å²) in [5.74, 6) is 0.852. The van der Waals surface area contributed by atoms with Crippen LogP contribution in [0.2, 0.25) is 0 Å². The summed E-state index contributed by atoms with van der Waals surface area (Å²) in [4.78, 5) is 17.0. The highest BCUT2D eigenvalue weighted by molar-refractivity contribution is 5.94. The predicted octanol–water partition coefficient (Wildman–Crippen LogP) is 4.09. The first kappa shape index (κ1) is 24.8. The highest BCUT2D eigenvalue weighted by Gasteiger charge is 2.21. The molecule has 180 valence electrons. The van der Waals surface area contributed by atoms with Crippen LogP contribution < -0.4 is 19.7 Å². The number of benzene rings is 2. The number of hydrogen-bond acceptors (Lipinski definition) is 6. The van der Waals surface area contributed by atoms with Crippen LogP contribution in [0.5, 0.6) is 11.5 Å². The lowest BCUT2D eigenvalue weighted by Crippen LogP contribution is -2.36. The number of carbonyl (C=O) groups is 1. The number of amides is 1. The third-order valence-electron chi connectivity index (χ3n) is 5.69. The minimum Gasteiger partial charge on any atom is -0.492 e. The van der Waals surface area contributed by atoms with Crippen molar-refractivity contribution in [2.75, 3.05) is 63.3 Å². The molecular formula is C25H34FN3O4. The maximum absolute atomic E-state index is 13.2. The van der Waals surface area contributed by atoms with E-state index in [-0.39, 0.29) is 24.3 Å². The first-order valence-corrected chi connectivity index (χ1v) is 11.4. The number of rotatable bonds is 10. The molecule has 7 nitrogen and oxygen atoms in total. The van der Waals surface area contributed by atoms with Crippen LogP contribution >= 0.6 is 0 Å². The molecule has 1 unspecified atom stereocenters. The lowest BCUT2D eigenvalue weighted by Gasteiger charge is -2.31. The minimum atomic E-state index is -0.277. The Labute approximate surface area is 195 Å². The van der Waals surface area contributed by atoms with Crippen molar-refractivity contribution >= 4 is 17.3 Å². The van der Waals surface area contributed by atoms with Gasteiger partial charge in [0.1, 0.15) is 17.3 Å². The Kier molecular flexibility index (Phi) is 8.91. The van der Waals surface area contributed by atoms with E-state index in [0.29, 0.717) is 43.6 Å². The fourth-order valence-corrected chi connectivity index (χ4v) is 3.79. The quantitative estimate of drug-likeness (QED) is 0.578. The van der Waals surface area contributed by atoms with Crippen molar-refractivity contribution in [2.24, 2.45) is 0 Å². The zero-order chi connectivity index (χ0) is 23.8. The fourth-order valence-electron chi connectivity index (χ4n) is 3.79. The molecule has 1 fully saturated rings. The summed E-state index contributed by atoms with van der Waals surface area (Å²) in [5.41, 5.74) is 2.45. The van der Waals surface area contributed by atoms with Crippen molar-refractivity contribution in [3.63, 3.8) is 0 Å². The van der Waals surface area contributed by atoms with Gasteiger partial charge in [0.05, 0.1) is 44.3 Å². The van der Waals surface area contributed by atoms with Gasteiger partial charge in [-0.2, -0.15) is 0 Å². The number of carbonyl (C=O) groups excluding carboxylic acids is 1. The van der Waals surface area contributed by atoms with Crippen LogP contribution in [-0.2, 0) is 9.53 Å². The van der Waals surface area contributed by atoms with Gasteiger partial charge in [0.25, 0.3) is 0 Å². The molecule has 0 aromatic heterocycles. The topological polar surface area (TPSA) is 63.3 Å². The average Bonchev–Trinajstić information content (AvgIpc) is 2.81. The molecule has 1 saturated heterocycles. The first-order chi connectivity index (χ1) is 15.9. The van der Waals surface area contributed by atoms with Crippen LogP contribution in [-0.4, -0.2) is 63.9 Å². The van der Waals surface area contributed by atoms with Crippen LogP contribution in [0.25, 0.3) is 0 Å². The van der Waals surface area contributed by atoms with Crippen molar-refractivity contribution in [3.05, 3.63) is 47.8 Å². The summed E-state index contributed by atoms with van der Waals surface area (Å²) >= 11 is 0. The predicted molar refractivity (Wildman–Crippen MR) is 128 cm³/mol. The van der Waals surface area contributed by atoms with Crippen LogP contribution in [0.3, 0.4) is 0 Å². The van der Waals surface area contributed by atoms with Gasteiger partial charge in [0.15, 0.2) is 0 Å². The van der Waals surface area contributed by atoms with Crippen molar-refractivity contribution in [3.8, 4) is 11.5 Å². The van der Waals surface area contributed by atoms with E-state index in [9.17, 15) is 9.18 Å². The molecule has 1 amide bonds. The Morgan fingerprint density at radius 2 is 1.76 bits per heavy atom. The second-order valence-corrected chi connectivity index (χ2v) is 7.97. The number of nitrogens with one attached hydrogen (secondary N) is 1. The molecule has 1 aliphatic rings. The average molecular weight is 460 g/mol. The summed E-state index contributed by atoms with van der Waals surface area (Å²) in [6, 6.07) is 10.0. The van der Waals surface area contributed by atoms with E-state index in [1.54, 1.807) is 12.1 Å². The molecule has 8 heteroatoms. The smallest absolute Gasteiger partial charge is 0.238 e. The summed E-state index contributed by atoms with van der Waals surface area (Å²) in [7, 11) is 1.87. The molecule has 1 atom stereocenters. The van der Waals surface area contributed by atoms with Crippen LogP contribution in [0.15, 0.2) is 36.4 Å². The van der Waals surface area contributed by atoms with E-state index < -0.39 is 0 Å². The molecule has 1 aliphatic heterocycles. The molecule has 0 spiro atoms. The largest absolute Gasteiger partial charge is 0.492 e. The van der Waals surface area contributed by atoms with Crippen molar-refractivity contribution in [2.45, 2.75) is 26.8 Å². The Bertz CT molecular complexity index is 917. The summed E-state index contributed by atoms with van der Waals surface area (Å²) in [6.07, 6.45) is 0. The number of anilines is 2. The van der Waals surface area contributed by atoms with E-state index in [1.165, 1.54) is 12.1 Å². The highest BCUT2D eigenvalue weighted by Crippen LogP contribution is 2.39. The normalized spacial score (nSPS) is 14.8. The van der Waals surface area contributed by atoms with Gasteiger partial charge in [-0.25, -0.2) is 4.39 Å². The molecule has 2 aromatic carbocycles. The van der Waals surface area contributed by atoms with Gasteiger partial charge in [-0.15, -0.1) is 0 Å². The van der Waals surface area contributed by atoms with E-state index in [2.05, 4.69) is 10.2 Å². The molecule has 0 bridgehead atoms.